The summed E-state index contributed by atoms with van der Waals surface area (Å²) in [7, 11) is 0. The van der Waals surface area contributed by atoms with Crippen LogP contribution in [0.5, 0.6) is 0 Å². The Kier molecular flexibility index (Phi) is 3.28. The van der Waals surface area contributed by atoms with Gasteiger partial charge in [-0.3, -0.25) is 20.2 Å². The van der Waals surface area contributed by atoms with Crippen LogP contribution in [0.1, 0.15) is 7.13 Å². The van der Waals surface area contributed by atoms with Gasteiger partial charge in [-0.15, -0.1) is 0 Å². The number of urea groups is 1. The molecule has 1 saturated heterocycles. The number of carbonyl (C=O) groups is 2. The van der Waals surface area contributed by atoms with Crippen LogP contribution in [0.3, 0.4) is 0 Å². The molecule has 0 aliphatic carbocycles. The highest BCUT2D eigenvalue weighted by molar-refractivity contribution is 6.02. The lowest BCUT2D eigenvalue weighted by Gasteiger charge is -2.02. The number of rotatable bonds is 4. The van der Waals surface area contributed by atoms with E-state index in [1.165, 1.54) is 30.3 Å². The zero-order valence-corrected chi connectivity index (χ0v) is 11.6. The number of amides is 3. The van der Waals surface area contributed by atoms with Gasteiger partial charge >= 0.3 is 6.03 Å². The molecular weight excluding hydrogens is 304 g/mol. The molecule has 0 bridgehead atoms. The predicted molar refractivity (Wildman–Crippen MR) is 78.6 cm³/mol. The zero-order chi connectivity index (χ0) is 17.3. The molecule has 2 aromatic rings. The Balaban J connectivity index is 1.81. The molecule has 9 heteroatoms. The Morgan fingerprint density at radius 3 is 2.65 bits per heavy atom. The first-order valence-corrected chi connectivity index (χ1v) is 6.45. The standard InChI is InChI=1S/C14H10N4O5/c19-13-8-17(14(20)16-13)15-7-11-5-6-12(23-11)9-1-3-10(4-2-9)18(21)22/h1-7H,8H2,(H,16,19,20)/b15-7+/i7T. The van der Waals surface area contributed by atoms with E-state index in [-0.39, 0.29) is 24.2 Å². The second-order valence-corrected chi connectivity index (χ2v) is 4.59. The quantitative estimate of drug-likeness (QED) is 0.399. The first-order valence-electron chi connectivity index (χ1n) is 6.95. The average Bonchev–Trinajstić information content (AvgIpc) is 3.15. The van der Waals surface area contributed by atoms with E-state index < -0.39 is 16.9 Å². The molecule has 1 aliphatic heterocycles. The minimum absolute atomic E-state index is 0.0435. The number of hydrogen-bond donors (Lipinski definition) is 1. The number of hydrazone groups is 1. The van der Waals surface area contributed by atoms with Gasteiger partial charge in [0.05, 0.1) is 12.5 Å². The smallest absolute Gasteiger partial charge is 0.344 e. The number of hydrogen-bond acceptors (Lipinski definition) is 6. The number of nitro benzene ring substituents is 1. The maximum absolute atomic E-state index is 11.4. The summed E-state index contributed by atoms with van der Waals surface area (Å²) in [6.07, 6.45) is -0.326. The normalized spacial score (nSPS) is 15.6. The van der Waals surface area contributed by atoms with E-state index in [4.69, 9.17) is 5.79 Å². The van der Waals surface area contributed by atoms with Gasteiger partial charge in [-0.05, 0) is 24.3 Å². The highest BCUT2D eigenvalue weighted by atomic mass is 16.6. The van der Waals surface area contributed by atoms with E-state index in [2.05, 4.69) is 5.10 Å². The molecule has 1 aromatic heterocycles. The van der Waals surface area contributed by atoms with Crippen molar-refractivity contribution in [2.24, 2.45) is 5.10 Å². The van der Waals surface area contributed by atoms with E-state index in [9.17, 15) is 19.7 Å². The van der Waals surface area contributed by atoms with Crippen LogP contribution >= 0.6 is 0 Å². The van der Waals surface area contributed by atoms with Gasteiger partial charge in [0.2, 0.25) is 5.91 Å². The van der Waals surface area contributed by atoms with Crippen LogP contribution in [0.15, 0.2) is 45.9 Å². The Bertz CT molecular complexity index is 858. The Morgan fingerprint density at radius 2 is 2.04 bits per heavy atom. The lowest BCUT2D eigenvalue weighted by atomic mass is 10.1. The molecule has 1 fully saturated rings. The van der Waals surface area contributed by atoms with E-state index in [1.807, 2.05) is 5.32 Å². The van der Waals surface area contributed by atoms with Crippen molar-refractivity contribution >= 4 is 23.8 Å². The second kappa shape index (κ2) is 5.72. The Labute approximate surface area is 130 Å². The number of nitrogens with one attached hydrogen (secondary N) is 1. The number of nitrogens with zero attached hydrogens (tertiary/aromatic N) is 3. The molecule has 1 N–H and O–H groups in total. The molecule has 0 radical (unpaired) electrons. The molecule has 0 atom stereocenters. The largest absolute Gasteiger partial charge is 0.455 e. The first kappa shape index (κ1) is 13.2. The van der Waals surface area contributed by atoms with Gasteiger partial charge in [-0.25, -0.2) is 9.80 Å². The summed E-state index contributed by atoms with van der Waals surface area (Å²) in [6, 6.07) is 8.09. The maximum atomic E-state index is 11.4. The average molecular weight is 316 g/mol. The second-order valence-electron chi connectivity index (χ2n) is 4.59. The van der Waals surface area contributed by atoms with E-state index >= 15 is 0 Å². The summed E-state index contributed by atoms with van der Waals surface area (Å²) in [5.41, 5.74) is 0.548. The molecule has 116 valence electrons. The topological polar surface area (TPSA) is 118 Å². The van der Waals surface area contributed by atoms with Gasteiger partial charge in [0, 0.05) is 17.7 Å². The van der Waals surface area contributed by atoms with Crippen LogP contribution in [0.4, 0.5) is 10.5 Å². The van der Waals surface area contributed by atoms with Gasteiger partial charge in [0.15, 0.2) is 0 Å². The Hall–Kier alpha value is -3.49. The van der Waals surface area contributed by atoms with Crippen LogP contribution in [0, 0.1) is 10.1 Å². The maximum Gasteiger partial charge on any atom is 0.344 e. The van der Waals surface area contributed by atoms with E-state index in [0.717, 1.165) is 5.01 Å². The van der Waals surface area contributed by atoms with Crippen LogP contribution in [0.25, 0.3) is 11.3 Å². The SMILES string of the molecule is [3H]/C(=N\N1CC(=O)NC1=O)c1ccc(-c2ccc([N+](=O)[O-])cc2)o1. The van der Waals surface area contributed by atoms with Crippen molar-refractivity contribution in [3.05, 3.63) is 52.3 Å². The fraction of sp³-hybridized carbons (Fsp3) is 0.0714. The van der Waals surface area contributed by atoms with Crippen molar-refractivity contribution in [1.29, 1.82) is 0 Å². The highest BCUT2D eigenvalue weighted by Gasteiger charge is 2.26. The molecule has 23 heavy (non-hydrogen) atoms. The molecule has 0 saturated carbocycles. The monoisotopic (exact) mass is 316 g/mol. The molecule has 3 rings (SSSR count). The van der Waals surface area contributed by atoms with Gasteiger partial charge < -0.3 is 4.42 Å². The molecule has 2 heterocycles. The predicted octanol–water partition coefficient (Wildman–Crippen LogP) is 1.74. The zero-order valence-electron chi connectivity index (χ0n) is 12.6. The van der Waals surface area contributed by atoms with Crippen molar-refractivity contribution in [2.45, 2.75) is 0 Å². The van der Waals surface area contributed by atoms with Crippen LogP contribution < -0.4 is 5.32 Å². The lowest BCUT2D eigenvalue weighted by molar-refractivity contribution is -0.384. The fourth-order valence-electron chi connectivity index (χ4n) is 1.92. The summed E-state index contributed by atoms with van der Waals surface area (Å²) >= 11 is 0. The third-order valence-electron chi connectivity index (χ3n) is 3.02. The van der Waals surface area contributed by atoms with Crippen molar-refractivity contribution in [3.63, 3.8) is 0 Å². The summed E-state index contributed by atoms with van der Waals surface area (Å²) in [4.78, 5) is 32.6. The number of furan rings is 1. The molecule has 1 aliphatic rings. The van der Waals surface area contributed by atoms with Gasteiger partial charge in [-0.1, -0.05) is 0 Å². The summed E-state index contributed by atoms with van der Waals surface area (Å²) in [6.45, 7) is -0.253. The first-order chi connectivity index (χ1) is 11.4. The minimum Gasteiger partial charge on any atom is -0.455 e. The van der Waals surface area contributed by atoms with E-state index in [1.54, 1.807) is 6.07 Å². The van der Waals surface area contributed by atoms with Crippen molar-refractivity contribution in [3.8, 4) is 11.3 Å². The van der Waals surface area contributed by atoms with Crippen molar-refractivity contribution < 1.29 is 20.3 Å². The number of carbonyl (C=O) groups excluding carboxylic acids is 2. The van der Waals surface area contributed by atoms with Crippen LogP contribution in [-0.4, -0.2) is 34.6 Å². The van der Waals surface area contributed by atoms with Gasteiger partial charge in [0.1, 0.15) is 18.1 Å². The minimum atomic E-state index is -0.702. The molecule has 0 spiro atoms. The van der Waals surface area contributed by atoms with E-state index in [0.29, 0.717) is 11.3 Å². The summed E-state index contributed by atoms with van der Waals surface area (Å²) in [5.74, 6) is -0.0140. The third kappa shape index (κ3) is 3.07. The van der Waals surface area contributed by atoms with Crippen LogP contribution in [-0.2, 0) is 4.79 Å². The Morgan fingerprint density at radius 1 is 1.30 bits per heavy atom. The van der Waals surface area contributed by atoms with Crippen molar-refractivity contribution in [1.82, 2.24) is 10.3 Å². The third-order valence-corrected chi connectivity index (χ3v) is 3.02. The molecule has 3 amide bonds. The highest BCUT2D eigenvalue weighted by Crippen LogP contribution is 2.24. The van der Waals surface area contributed by atoms with Crippen LogP contribution in [0.2, 0.25) is 0 Å². The molecule has 9 nitrogen and oxygen atoms in total. The van der Waals surface area contributed by atoms with Gasteiger partial charge in [0.25, 0.3) is 5.69 Å². The molecular formula is C14H10N4O5. The number of non-ortho nitro benzene ring substituents is 1. The van der Waals surface area contributed by atoms with Gasteiger partial charge in [-0.2, -0.15) is 5.10 Å². The molecule has 0 unspecified atom stereocenters. The van der Waals surface area contributed by atoms with Crippen molar-refractivity contribution in [2.75, 3.05) is 6.54 Å². The summed E-state index contributed by atoms with van der Waals surface area (Å²) in [5, 5.41) is 17.2. The summed E-state index contributed by atoms with van der Waals surface area (Å²) < 4.78 is 13.3. The number of imide groups is 1. The number of benzene rings is 1. The lowest BCUT2D eigenvalue weighted by Crippen LogP contribution is -2.24. The number of nitro groups is 1. The molecule has 1 aromatic carbocycles. The fourth-order valence-corrected chi connectivity index (χ4v) is 1.92.